The van der Waals surface area contributed by atoms with Crippen molar-refractivity contribution >= 4 is 0 Å². The summed E-state index contributed by atoms with van der Waals surface area (Å²) in [6, 6.07) is 5.26. The van der Waals surface area contributed by atoms with Crippen LogP contribution in [0.25, 0.3) is 0 Å². The van der Waals surface area contributed by atoms with E-state index in [1.54, 1.807) is 18.2 Å². The number of aliphatic hydroxyl groups is 2. The van der Waals surface area contributed by atoms with E-state index in [4.69, 9.17) is 20.7 Å². The fourth-order valence-electron chi connectivity index (χ4n) is 1.23. The number of aliphatic hydroxyl groups excluding tert-OH is 2. The summed E-state index contributed by atoms with van der Waals surface area (Å²) in [5.41, 5.74) is 6.85. The summed E-state index contributed by atoms with van der Waals surface area (Å²) >= 11 is 0. The molecule has 15 heavy (non-hydrogen) atoms. The van der Waals surface area contributed by atoms with E-state index in [9.17, 15) is 0 Å². The van der Waals surface area contributed by atoms with Gasteiger partial charge in [0.2, 0.25) is 0 Å². The van der Waals surface area contributed by atoms with Gasteiger partial charge in [-0.25, -0.2) is 0 Å². The Labute approximate surface area is 89.3 Å². The smallest absolute Gasteiger partial charge is 0.125 e. The monoisotopic (exact) mass is 211 g/mol. The van der Waals surface area contributed by atoms with Gasteiger partial charge in [0.1, 0.15) is 5.75 Å². The highest BCUT2D eigenvalue weighted by atomic mass is 16.5. The van der Waals surface area contributed by atoms with Crippen LogP contribution in [0.4, 0.5) is 0 Å². The summed E-state index contributed by atoms with van der Waals surface area (Å²) in [6.07, 6.45) is 0.772. The third kappa shape index (κ3) is 3.51. The molecule has 0 aliphatic carbocycles. The van der Waals surface area contributed by atoms with Crippen LogP contribution >= 0.6 is 0 Å². The topological polar surface area (TPSA) is 75.7 Å². The first-order chi connectivity index (χ1) is 7.31. The fourth-order valence-corrected chi connectivity index (χ4v) is 1.23. The molecule has 0 unspecified atom stereocenters. The highest BCUT2D eigenvalue weighted by Crippen LogP contribution is 2.20. The van der Waals surface area contributed by atoms with Crippen molar-refractivity contribution in [2.45, 2.75) is 19.6 Å². The van der Waals surface area contributed by atoms with Gasteiger partial charge in [-0.15, -0.1) is 0 Å². The van der Waals surface area contributed by atoms with Crippen LogP contribution in [0.5, 0.6) is 5.75 Å². The van der Waals surface area contributed by atoms with Crippen LogP contribution in [0.15, 0.2) is 18.2 Å². The molecule has 4 N–H and O–H groups in total. The van der Waals surface area contributed by atoms with Crippen LogP contribution in [0.1, 0.15) is 17.5 Å². The van der Waals surface area contributed by atoms with Crippen molar-refractivity contribution in [1.82, 2.24) is 0 Å². The largest absolute Gasteiger partial charge is 0.493 e. The zero-order valence-electron chi connectivity index (χ0n) is 8.65. The summed E-state index contributed by atoms with van der Waals surface area (Å²) < 4.78 is 5.46. The van der Waals surface area contributed by atoms with Crippen LogP contribution in [0, 0.1) is 0 Å². The molecule has 1 rings (SSSR count). The SMILES string of the molecule is NCCCOc1cc(CO)ccc1CO. The van der Waals surface area contributed by atoms with Crippen LogP contribution < -0.4 is 10.5 Å². The number of rotatable bonds is 6. The minimum atomic E-state index is -0.0658. The van der Waals surface area contributed by atoms with Crippen molar-refractivity contribution in [2.75, 3.05) is 13.2 Å². The number of hydrogen-bond donors (Lipinski definition) is 3. The standard InChI is InChI=1S/C11H17NO3/c12-4-1-5-15-11-6-9(7-13)2-3-10(11)8-14/h2-3,6,13-14H,1,4-5,7-8,12H2. The van der Waals surface area contributed by atoms with E-state index >= 15 is 0 Å². The Bertz CT molecular complexity index is 302. The molecule has 0 saturated carbocycles. The van der Waals surface area contributed by atoms with Crippen molar-refractivity contribution < 1.29 is 14.9 Å². The molecule has 84 valence electrons. The third-order valence-corrected chi connectivity index (χ3v) is 2.09. The van der Waals surface area contributed by atoms with Gasteiger partial charge >= 0.3 is 0 Å². The molecule has 0 spiro atoms. The molecule has 0 aliphatic heterocycles. The Balaban J connectivity index is 2.72. The van der Waals surface area contributed by atoms with Crippen molar-refractivity contribution in [3.63, 3.8) is 0 Å². The van der Waals surface area contributed by atoms with Crippen LogP contribution in [0.2, 0.25) is 0 Å². The van der Waals surface area contributed by atoms with E-state index in [-0.39, 0.29) is 13.2 Å². The highest BCUT2D eigenvalue weighted by molar-refractivity contribution is 5.36. The highest BCUT2D eigenvalue weighted by Gasteiger charge is 2.03. The van der Waals surface area contributed by atoms with Gasteiger partial charge in [0.05, 0.1) is 19.8 Å². The maximum atomic E-state index is 9.07. The molecule has 0 saturated heterocycles. The molecular weight excluding hydrogens is 194 g/mol. The minimum absolute atomic E-state index is 0.0288. The van der Waals surface area contributed by atoms with Crippen LogP contribution in [0.3, 0.4) is 0 Å². The number of benzene rings is 1. The Morgan fingerprint density at radius 2 is 2.00 bits per heavy atom. The first-order valence-electron chi connectivity index (χ1n) is 4.98. The van der Waals surface area contributed by atoms with E-state index in [1.807, 2.05) is 0 Å². The predicted molar refractivity (Wildman–Crippen MR) is 57.5 cm³/mol. The Hall–Kier alpha value is -1.10. The predicted octanol–water partition coefficient (Wildman–Crippen LogP) is 0.399. The van der Waals surface area contributed by atoms with Crippen molar-refractivity contribution in [3.05, 3.63) is 29.3 Å². The fraction of sp³-hybridized carbons (Fsp3) is 0.455. The van der Waals surface area contributed by atoms with Crippen molar-refractivity contribution in [2.24, 2.45) is 5.73 Å². The third-order valence-electron chi connectivity index (χ3n) is 2.09. The van der Waals surface area contributed by atoms with E-state index in [2.05, 4.69) is 0 Å². The second-order valence-electron chi connectivity index (χ2n) is 3.25. The average Bonchev–Trinajstić information content (AvgIpc) is 2.29. The number of nitrogens with two attached hydrogens (primary N) is 1. The minimum Gasteiger partial charge on any atom is -0.493 e. The normalized spacial score (nSPS) is 10.3. The van der Waals surface area contributed by atoms with Crippen molar-refractivity contribution in [3.8, 4) is 5.75 Å². The molecule has 0 bridgehead atoms. The van der Waals surface area contributed by atoms with Gasteiger partial charge in [-0.3, -0.25) is 0 Å². The summed E-state index contributed by atoms with van der Waals surface area (Å²) in [6.45, 7) is 1.01. The Kier molecular flexibility index (Phi) is 5.10. The molecule has 1 aromatic rings. The van der Waals surface area contributed by atoms with Crippen molar-refractivity contribution in [1.29, 1.82) is 0 Å². The molecule has 0 aromatic heterocycles. The van der Waals surface area contributed by atoms with Gasteiger partial charge in [0.15, 0.2) is 0 Å². The van der Waals surface area contributed by atoms with E-state index in [1.165, 1.54) is 0 Å². The van der Waals surface area contributed by atoms with E-state index < -0.39 is 0 Å². The maximum Gasteiger partial charge on any atom is 0.125 e. The van der Waals surface area contributed by atoms with Gasteiger partial charge in [0.25, 0.3) is 0 Å². The second-order valence-corrected chi connectivity index (χ2v) is 3.25. The lowest BCUT2D eigenvalue weighted by atomic mass is 10.1. The van der Waals surface area contributed by atoms with Crippen LogP contribution in [-0.2, 0) is 13.2 Å². The van der Waals surface area contributed by atoms with E-state index in [0.717, 1.165) is 17.5 Å². The second kappa shape index (κ2) is 6.40. The molecule has 0 fully saturated rings. The molecule has 4 heteroatoms. The lowest BCUT2D eigenvalue weighted by Crippen LogP contribution is -2.07. The molecule has 0 heterocycles. The summed E-state index contributed by atoms with van der Waals surface area (Å²) in [7, 11) is 0. The van der Waals surface area contributed by atoms with Gasteiger partial charge in [-0.1, -0.05) is 12.1 Å². The molecule has 1 aromatic carbocycles. The molecule has 4 nitrogen and oxygen atoms in total. The zero-order valence-corrected chi connectivity index (χ0v) is 8.65. The first-order valence-corrected chi connectivity index (χ1v) is 4.98. The van der Waals surface area contributed by atoms with Gasteiger partial charge in [0, 0.05) is 5.56 Å². The van der Waals surface area contributed by atoms with Crippen LogP contribution in [-0.4, -0.2) is 23.4 Å². The molecule has 0 atom stereocenters. The molecule has 0 amide bonds. The summed E-state index contributed by atoms with van der Waals surface area (Å²) in [4.78, 5) is 0. The van der Waals surface area contributed by atoms with Gasteiger partial charge in [-0.05, 0) is 24.6 Å². The quantitative estimate of drug-likeness (QED) is 0.595. The lowest BCUT2D eigenvalue weighted by Gasteiger charge is -2.10. The lowest BCUT2D eigenvalue weighted by molar-refractivity contribution is 0.259. The maximum absolute atomic E-state index is 9.07. The van der Waals surface area contributed by atoms with E-state index in [0.29, 0.717) is 18.9 Å². The molecular formula is C11H17NO3. The number of hydrogen-bond acceptors (Lipinski definition) is 4. The Morgan fingerprint density at radius 1 is 1.20 bits per heavy atom. The first kappa shape index (κ1) is 12.0. The Morgan fingerprint density at radius 3 is 2.60 bits per heavy atom. The van der Waals surface area contributed by atoms with Gasteiger partial charge < -0.3 is 20.7 Å². The zero-order chi connectivity index (χ0) is 11.1. The van der Waals surface area contributed by atoms with Gasteiger partial charge in [-0.2, -0.15) is 0 Å². The average molecular weight is 211 g/mol. The summed E-state index contributed by atoms with van der Waals surface area (Å²) in [5, 5.41) is 18.0. The number of ether oxygens (including phenoxy) is 1. The molecule has 0 radical (unpaired) electrons. The molecule has 0 aliphatic rings. The summed E-state index contributed by atoms with van der Waals surface area (Å²) in [5.74, 6) is 0.623.